The molecule has 0 aromatic heterocycles. The van der Waals surface area contributed by atoms with Gasteiger partial charge in [0.2, 0.25) is 0 Å². The highest BCUT2D eigenvalue weighted by Crippen LogP contribution is 2.16. The lowest BCUT2D eigenvalue weighted by atomic mass is 9.72. The van der Waals surface area contributed by atoms with Crippen molar-refractivity contribution in [1.82, 2.24) is 0 Å². The lowest BCUT2D eigenvalue weighted by Gasteiger charge is -2.22. The smallest absolute Gasteiger partial charge is 0.445 e. The number of benzene rings is 1. The topological polar surface area (TPSA) is 0 Å². The number of hydrogen-bond acceptors (Lipinski definition) is 0. The molecule has 0 atom stereocenters. The van der Waals surface area contributed by atoms with Gasteiger partial charge in [-0.3, -0.25) is 0 Å². The zero-order valence-electron chi connectivity index (χ0n) is 8.36. The van der Waals surface area contributed by atoms with Crippen LogP contribution in [0.5, 0.6) is 0 Å². The summed E-state index contributed by atoms with van der Waals surface area (Å²) in [4.78, 5) is 0. The van der Waals surface area contributed by atoms with Gasteiger partial charge in [-0.25, -0.2) is 0 Å². The molecule has 0 unspecified atom stereocenters. The van der Waals surface area contributed by atoms with E-state index in [1.165, 1.54) is 0 Å². The molecular weight excluding hydrogens is 188 g/mol. The first-order chi connectivity index (χ1) is 6.50. The monoisotopic (exact) mass is 201 g/mol. The van der Waals surface area contributed by atoms with Gasteiger partial charge in [0.25, 0.3) is 0 Å². The molecule has 0 bridgehead atoms. The molecule has 0 N–H and O–H groups in total. The van der Waals surface area contributed by atoms with Crippen molar-refractivity contribution in [3.8, 4) is 0 Å². The fourth-order valence-electron chi connectivity index (χ4n) is 1.70. The minimum absolute atomic E-state index is 0.377. The van der Waals surface area contributed by atoms with Gasteiger partial charge >= 0.3 is 6.98 Å². The summed E-state index contributed by atoms with van der Waals surface area (Å²) in [5.41, 5.74) is 0.450. The Morgan fingerprint density at radius 1 is 1.00 bits per heavy atom. The molecule has 0 fully saturated rings. The van der Waals surface area contributed by atoms with Crippen LogP contribution in [0.1, 0.15) is 25.0 Å². The van der Waals surface area contributed by atoms with Gasteiger partial charge in [-0.1, -0.05) is 43.2 Å². The maximum absolute atomic E-state index is 12.7. The molecule has 0 radical (unpaired) electrons. The van der Waals surface area contributed by atoms with E-state index in [0.717, 1.165) is 0 Å². The van der Waals surface area contributed by atoms with E-state index < -0.39 is 6.98 Å². The molecule has 1 aromatic carbocycles. The summed E-state index contributed by atoms with van der Waals surface area (Å²) in [5, 5.41) is 0. The molecule has 0 aliphatic rings. The van der Waals surface area contributed by atoms with Crippen molar-refractivity contribution in [3.63, 3.8) is 0 Å². The SMILES string of the molecule is CCc1cccc(CC)c1[B-](F)(F)F. The molecule has 0 aliphatic carbocycles. The van der Waals surface area contributed by atoms with Crippen molar-refractivity contribution in [2.75, 3.05) is 0 Å². The first kappa shape index (κ1) is 11.2. The van der Waals surface area contributed by atoms with Crippen LogP contribution in [0.4, 0.5) is 12.9 Å². The first-order valence-corrected chi connectivity index (χ1v) is 4.81. The van der Waals surface area contributed by atoms with E-state index in [0.29, 0.717) is 24.0 Å². The molecule has 1 rings (SSSR count). The van der Waals surface area contributed by atoms with Crippen LogP contribution in [0.2, 0.25) is 0 Å². The molecule has 0 nitrogen and oxygen atoms in total. The van der Waals surface area contributed by atoms with Crippen molar-refractivity contribution in [1.29, 1.82) is 0 Å². The van der Waals surface area contributed by atoms with Crippen LogP contribution < -0.4 is 5.46 Å². The van der Waals surface area contributed by atoms with E-state index in [2.05, 4.69) is 0 Å². The van der Waals surface area contributed by atoms with E-state index in [4.69, 9.17) is 0 Å². The van der Waals surface area contributed by atoms with Gasteiger partial charge < -0.3 is 12.9 Å². The predicted octanol–water partition coefficient (Wildman–Crippen LogP) is 2.87. The fraction of sp³-hybridized carbons (Fsp3) is 0.400. The van der Waals surface area contributed by atoms with Crippen LogP contribution in [0.25, 0.3) is 0 Å². The molecule has 14 heavy (non-hydrogen) atoms. The third-order valence-corrected chi connectivity index (χ3v) is 2.38. The van der Waals surface area contributed by atoms with Crippen LogP contribution in [0.3, 0.4) is 0 Å². The maximum Gasteiger partial charge on any atom is 0.510 e. The van der Waals surface area contributed by atoms with Crippen LogP contribution in [0.15, 0.2) is 18.2 Å². The van der Waals surface area contributed by atoms with Gasteiger partial charge in [-0.2, -0.15) is 0 Å². The Morgan fingerprint density at radius 2 is 1.43 bits per heavy atom. The summed E-state index contributed by atoms with van der Waals surface area (Å²) >= 11 is 0. The van der Waals surface area contributed by atoms with Gasteiger partial charge in [0.15, 0.2) is 0 Å². The molecule has 0 aliphatic heterocycles. The minimum atomic E-state index is -4.87. The third kappa shape index (κ3) is 2.11. The van der Waals surface area contributed by atoms with Gasteiger partial charge in [0, 0.05) is 0 Å². The molecule has 0 saturated heterocycles. The summed E-state index contributed by atoms with van der Waals surface area (Å²) in [7, 11) is 0. The lowest BCUT2D eigenvalue weighted by molar-refractivity contribution is 0.499. The zero-order valence-corrected chi connectivity index (χ0v) is 8.36. The highest BCUT2D eigenvalue weighted by Gasteiger charge is 2.29. The third-order valence-electron chi connectivity index (χ3n) is 2.38. The second kappa shape index (κ2) is 4.07. The molecule has 78 valence electrons. The van der Waals surface area contributed by atoms with E-state index in [-0.39, 0.29) is 5.46 Å². The van der Waals surface area contributed by atoms with Crippen molar-refractivity contribution >= 4 is 12.4 Å². The number of hydrogen-bond donors (Lipinski definition) is 0. The minimum Gasteiger partial charge on any atom is -0.445 e. The van der Waals surface area contributed by atoms with Crippen molar-refractivity contribution in [2.45, 2.75) is 26.7 Å². The molecule has 0 saturated carbocycles. The second-order valence-electron chi connectivity index (χ2n) is 3.27. The normalized spacial score (nSPS) is 11.8. The van der Waals surface area contributed by atoms with Crippen LogP contribution in [-0.2, 0) is 12.8 Å². The lowest BCUT2D eigenvalue weighted by Crippen LogP contribution is -2.39. The molecule has 0 amide bonds. The molecule has 4 heteroatoms. The standard InChI is InChI=1S/C10H13BF3/c1-3-8-6-5-7-9(4-2)10(8)11(12,13)14/h5-7H,3-4H2,1-2H3/q-1. The average Bonchev–Trinajstić information content (AvgIpc) is 2.15. The fourth-order valence-corrected chi connectivity index (χ4v) is 1.70. The van der Waals surface area contributed by atoms with Crippen LogP contribution in [0, 0.1) is 0 Å². The number of aryl methyl sites for hydroxylation is 2. The van der Waals surface area contributed by atoms with E-state index in [1.807, 2.05) is 0 Å². The molecule has 0 heterocycles. The van der Waals surface area contributed by atoms with E-state index >= 15 is 0 Å². The summed E-state index contributed by atoms with van der Waals surface area (Å²) in [5.74, 6) is 0. The maximum atomic E-state index is 12.7. The van der Waals surface area contributed by atoms with Gasteiger partial charge in [-0.15, -0.1) is 5.46 Å². The Bertz CT molecular complexity index is 295. The highest BCUT2D eigenvalue weighted by molar-refractivity contribution is 6.74. The largest absolute Gasteiger partial charge is 0.510 e. The summed E-state index contributed by atoms with van der Waals surface area (Å²) in [6.45, 7) is -1.37. The summed E-state index contributed by atoms with van der Waals surface area (Å²) in [6, 6.07) is 4.82. The van der Waals surface area contributed by atoms with Crippen molar-refractivity contribution in [2.24, 2.45) is 0 Å². The van der Waals surface area contributed by atoms with Gasteiger partial charge in [0.1, 0.15) is 0 Å². The Labute approximate surface area is 82.2 Å². The van der Waals surface area contributed by atoms with Crippen LogP contribution in [-0.4, -0.2) is 6.98 Å². The highest BCUT2D eigenvalue weighted by atomic mass is 19.4. The Morgan fingerprint density at radius 3 is 1.71 bits per heavy atom. The summed E-state index contributed by atoms with van der Waals surface area (Å²) in [6.07, 6.45) is 0.870. The zero-order chi connectivity index (χ0) is 10.8. The van der Waals surface area contributed by atoms with E-state index in [1.54, 1.807) is 32.0 Å². The first-order valence-electron chi connectivity index (χ1n) is 4.81. The van der Waals surface area contributed by atoms with Gasteiger partial charge in [-0.05, 0) is 12.8 Å². The molecular formula is C10H13BF3-. The number of rotatable bonds is 3. The molecule has 1 aromatic rings. The average molecular weight is 201 g/mol. The van der Waals surface area contributed by atoms with Crippen LogP contribution >= 0.6 is 0 Å². The van der Waals surface area contributed by atoms with Gasteiger partial charge in [0.05, 0.1) is 0 Å². The predicted molar refractivity (Wildman–Crippen MR) is 53.9 cm³/mol. The van der Waals surface area contributed by atoms with E-state index in [9.17, 15) is 12.9 Å². The second-order valence-corrected chi connectivity index (χ2v) is 3.27. The van der Waals surface area contributed by atoms with Crippen molar-refractivity contribution < 1.29 is 12.9 Å². The Hall–Kier alpha value is -0.925. The quantitative estimate of drug-likeness (QED) is 0.659. The number of halogens is 3. The van der Waals surface area contributed by atoms with Crippen molar-refractivity contribution in [3.05, 3.63) is 29.3 Å². The summed E-state index contributed by atoms with van der Waals surface area (Å²) < 4.78 is 38.2. The molecule has 0 spiro atoms. The Balaban J connectivity index is 3.34. The Kier molecular flexibility index (Phi) is 3.24.